The molecule has 0 aliphatic carbocycles. The van der Waals surface area contributed by atoms with Crippen LogP contribution in [0, 0.1) is 5.92 Å². The second-order valence-electron chi connectivity index (χ2n) is 3.18. The minimum Gasteiger partial charge on any atom is -0.389 e. The molecule has 0 heterocycles. The number of aliphatic hydroxyl groups is 1. The second kappa shape index (κ2) is 6.01. The third-order valence-electron chi connectivity index (χ3n) is 2.33. The van der Waals surface area contributed by atoms with Crippen LogP contribution in [0.15, 0.2) is 24.3 Å². The molecule has 12 heavy (non-hydrogen) atoms. The third-order valence-corrected chi connectivity index (χ3v) is 2.33. The van der Waals surface area contributed by atoms with Crippen molar-refractivity contribution < 1.29 is 5.11 Å². The first-order chi connectivity index (χ1) is 5.65. The fraction of sp³-hybridized carbons (Fsp3) is 0.636. The Bertz CT molecular complexity index is 158. The minimum atomic E-state index is -0.384. The summed E-state index contributed by atoms with van der Waals surface area (Å²) in [6.45, 7) is 9.93. The van der Waals surface area contributed by atoms with Gasteiger partial charge in [-0.2, -0.15) is 0 Å². The summed E-state index contributed by atoms with van der Waals surface area (Å²) in [5, 5.41) is 9.34. The maximum Gasteiger partial charge on any atom is 0.0755 e. The first kappa shape index (κ1) is 11.4. The Balaban J connectivity index is 4.09. The number of allylic oxidation sites excluding steroid dienone is 1. The Kier molecular flexibility index (Phi) is 5.73. The Hall–Kier alpha value is -0.560. The van der Waals surface area contributed by atoms with Gasteiger partial charge in [0.05, 0.1) is 6.10 Å². The topological polar surface area (TPSA) is 20.2 Å². The molecule has 0 fully saturated rings. The number of hydrogen-bond acceptors (Lipinski definition) is 1. The highest BCUT2D eigenvalue weighted by atomic mass is 16.3. The lowest BCUT2D eigenvalue weighted by atomic mass is 9.93. The monoisotopic (exact) mass is 168 g/mol. The van der Waals surface area contributed by atoms with Gasteiger partial charge in [0.15, 0.2) is 0 Å². The maximum atomic E-state index is 9.34. The van der Waals surface area contributed by atoms with E-state index >= 15 is 0 Å². The molecule has 0 spiro atoms. The quantitative estimate of drug-likeness (QED) is 0.626. The fourth-order valence-electron chi connectivity index (χ4n) is 1.19. The summed E-state index contributed by atoms with van der Waals surface area (Å²) >= 11 is 0. The van der Waals surface area contributed by atoms with Gasteiger partial charge >= 0.3 is 0 Å². The molecule has 0 aromatic carbocycles. The summed E-state index contributed by atoms with van der Waals surface area (Å²) < 4.78 is 0. The van der Waals surface area contributed by atoms with Crippen molar-refractivity contribution in [2.24, 2.45) is 5.92 Å². The van der Waals surface area contributed by atoms with E-state index in [9.17, 15) is 5.11 Å². The van der Waals surface area contributed by atoms with Crippen LogP contribution in [-0.2, 0) is 0 Å². The van der Waals surface area contributed by atoms with Crippen LogP contribution in [0.3, 0.4) is 0 Å². The molecule has 0 aromatic rings. The summed E-state index contributed by atoms with van der Waals surface area (Å²) in [7, 11) is 0. The van der Waals surface area contributed by atoms with Gasteiger partial charge in [-0.25, -0.2) is 0 Å². The molecule has 1 nitrogen and oxygen atoms in total. The van der Waals surface area contributed by atoms with E-state index in [-0.39, 0.29) is 6.10 Å². The lowest BCUT2D eigenvalue weighted by molar-refractivity contribution is 0.220. The molecule has 0 radical (unpaired) electrons. The summed E-state index contributed by atoms with van der Waals surface area (Å²) in [6, 6.07) is 0. The Labute approximate surface area is 75.8 Å². The van der Waals surface area contributed by atoms with Gasteiger partial charge in [0, 0.05) is 0 Å². The Morgan fingerprint density at radius 2 is 2.17 bits per heavy atom. The lowest BCUT2D eigenvalue weighted by Gasteiger charge is -2.15. The smallest absolute Gasteiger partial charge is 0.0755 e. The third kappa shape index (κ3) is 3.72. The van der Waals surface area contributed by atoms with Crippen molar-refractivity contribution in [3.63, 3.8) is 0 Å². The molecular formula is C11H20O. The van der Waals surface area contributed by atoms with E-state index < -0.39 is 0 Å². The van der Waals surface area contributed by atoms with E-state index in [2.05, 4.69) is 26.5 Å². The number of aliphatic hydroxyl groups excluding tert-OH is 1. The first-order valence-electron chi connectivity index (χ1n) is 4.61. The van der Waals surface area contributed by atoms with Gasteiger partial charge in [0.25, 0.3) is 0 Å². The first-order valence-corrected chi connectivity index (χ1v) is 4.61. The Morgan fingerprint density at radius 3 is 2.50 bits per heavy atom. The van der Waals surface area contributed by atoms with E-state index in [1.807, 2.05) is 6.92 Å². The van der Waals surface area contributed by atoms with Gasteiger partial charge in [-0.15, -0.1) is 6.58 Å². The average molecular weight is 168 g/mol. The molecule has 0 saturated carbocycles. The van der Waals surface area contributed by atoms with Crippen LogP contribution in [0.2, 0.25) is 0 Å². The van der Waals surface area contributed by atoms with Crippen molar-refractivity contribution in [3.8, 4) is 0 Å². The van der Waals surface area contributed by atoms with E-state index in [0.717, 1.165) is 12.8 Å². The van der Waals surface area contributed by atoms with Gasteiger partial charge in [-0.05, 0) is 25.7 Å². The van der Waals surface area contributed by atoms with Crippen molar-refractivity contribution in [1.82, 2.24) is 0 Å². The SMILES string of the molecule is C=CC(O)C/C(=C\C)C(C)CC. The van der Waals surface area contributed by atoms with Crippen LogP contribution >= 0.6 is 0 Å². The molecule has 1 N–H and O–H groups in total. The normalized spacial score (nSPS) is 17.2. The van der Waals surface area contributed by atoms with Crippen molar-refractivity contribution in [3.05, 3.63) is 24.3 Å². The zero-order chi connectivity index (χ0) is 9.56. The molecule has 2 atom stereocenters. The molecule has 0 bridgehead atoms. The average Bonchev–Trinajstić information content (AvgIpc) is 2.12. The van der Waals surface area contributed by atoms with Crippen molar-refractivity contribution in [1.29, 1.82) is 0 Å². The van der Waals surface area contributed by atoms with E-state index in [0.29, 0.717) is 5.92 Å². The van der Waals surface area contributed by atoms with Gasteiger partial charge in [0.2, 0.25) is 0 Å². The highest BCUT2D eigenvalue weighted by Gasteiger charge is 2.08. The van der Waals surface area contributed by atoms with Gasteiger partial charge < -0.3 is 5.11 Å². The molecule has 0 aliphatic heterocycles. The van der Waals surface area contributed by atoms with Crippen molar-refractivity contribution in [2.75, 3.05) is 0 Å². The maximum absolute atomic E-state index is 9.34. The van der Waals surface area contributed by atoms with Crippen LogP contribution in [0.4, 0.5) is 0 Å². The molecule has 0 aromatic heterocycles. The molecule has 1 heteroatoms. The number of hydrogen-bond donors (Lipinski definition) is 1. The predicted octanol–water partition coefficient (Wildman–Crippen LogP) is 2.92. The highest BCUT2D eigenvalue weighted by molar-refractivity contribution is 5.07. The summed E-state index contributed by atoms with van der Waals surface area (Å²) in [6.07, 6.45) is 5.16. The zero-order valence-corrected chi connectivity index (χ0v) is 8.38. The van der Waals surface area contributed by atoms with Gasteiger partial charge in [0.1, 0.15) is 0 Å². The van der Waals surface area contributed by atoms with Gasteiger partial charge in [-0.1, -0.05) is 31.6 Å². The molecular weight excluding hydrogens is 148 g/mol. The van der Waals surface area contributed by atoms with Crippen LogP contribution < -0.4 is 0 Å². The van der Waals surface area contributed by atoms with Crippen molar-refractivity contribution >= 4 is 0 Å². The molecule has 2 unspecified atom stereocenters. The van der Waals surface area contributed by atoms with Crippen LogP contribution in [0.1, 0.15) is 33.6 Å². The fourth-order valence-corrected chi connectivity index (χ4v) is 1.19. The summed E-state index contributed by atoms with van der Waals surface area (Å²) in [4.78, 5) is 0. The molecule has 0 rings (SSSR count). The largest absolute Gasteiger partial charge is 0.389 e. The van der Waals surface area contributed by atoms with Crippen LogP contribution in [0.25, 0.3) is 0 Å². The van der Waals surface area contributed by atoms with E-state index in [1.165, 1.54) is 5.57 Å². The second-order valence-corrected chi connectivity index (χ2v) is 3.18. The highest BCUT2D eigenvalue weighted by Crippen LogP contribution is 2.19. The minimum absolute atomic E-state index is 0.384. The van der Waals surface area contributed by atoms with E-state index in [4.69, 9.17) is 0 Å². The zero-order valence-electron chi connectivity index (χ0n) is 8.38. The molecule has 0 amide bonds. The Morgan fingerprint density at radius 1 is 1.58 bits per heavy atom. The summed E-state index contributed by atoms with van der Waals surface area (Å²) in [5.41, 5.74) is 1.32. The van der Waals surface area contributed by atoms with Gasteiger partial charge in [-0.3, -0.25) is 0 Å². The number of rotatable bonds is 5. The van der Waals surface area contributed by atoms with E-state index in [1.54, 1.807) is 6.08 Å². The van der Waals surface area contributed by atoms with Crippen LogP contribution in [0.5, 0.6) is 0 Å². The molecule has 0 aliphatic rings. The van der Waals surface area contributed by atoms with Crippen LogP contribution in [-0.4, -0.2) is 11.2 Å². The molecule has 70 valence electrons. The van der Waals surface area contributed by atoms with Crippen molar-refractivity contribution in [2.45, 2.75) is 39.7 Å². The predicted molar refractivity (Wildman–Crippen MR) is 54.0 cm³/mol. The summed E-state index contributed by atoms with van der Waals surface area (Å²) in [5.74, 6) is 0.574. The molecule has 0 saturated heterocycles. The lowest BCUT2D eigenvalue weighted by Crippen LogP contribution is -2.08. The standard InChI is InChI=1S/C11H20O/c1-5-9(4)10(6-2)8-11(12)7-3/h6-7,9,11-12H,3,5,8H2,1-2,4H3/b10-6+.